The molecule has 0 radical (unpaired) electrons. The molecular weight excluding hydrogens is 395 g/mol. The van der Waals surface area contributed by atoms with Crippen LogP contribution in [0.3, 0.4) is 0 Å². The Morgan fingerprint density at radius 2 is 2.04 bits per heavy atom. The number of nitrogens with one attached hydrogen (secondary N) is 1. The topological polar surface area (TPSA) is 40.0 Å². The number of nitrogens with zero attached hydrogens (tertiary/aromatic N) is 3. The summed E-state index contributed by atoms with van der Waals surface area (Å²) in [5.41, 5.74) is 2.66. The van der Waals surface area contributed by atoms with E-state index in [0.717, 1.165) is 29.2 Å². The van der Waals surface area contributed by atoms with E-state index in [-0.39, 0.29) is 36.4 Å². The van der Waals surface area contributed by atoms with Gasteiger partial charge in [0.1, 0.15) is 0 Å². The van der Waals surface area contributed by atoms with Crippen LogP contribution in [-0.2, 0) is 0 Å². The first kappa shape index (κ1) is 20.5. The highest BCUT2D eigenvalue weighted by Crippen LogP contribution is 2.36. The number of hydrogen-bond acceptors (Lipinski definition) is 6. The van der Waals surface area contributed by atoms with Gasteiger partial charge in [-0.25, -0.2) is 0 Å². The normalized spacial score (nSPS) is 22.9. The Hall–Kier alpha value is -0.820. The number of benzene rings is 1. The molecule has 3 aliphatic heterocycles. The summed E-state index contributed by atoms with van der Waals surface area (Å²) in [5.74, 6) is 0.940. The SMILES string of the molecule is CC1(C)CN2C(CSC3=NC(c4ccccc4)CN3)=CSC2=N1.Cl.Cl. The molecule has 0 fully saturated rings. The van der Waals surface area contributed by atoms with Gasteiger partial charge in [-0.2, -0.15) is 0 Å². The van der Waals surface area contributed by atoms with Gasteiger partial charge in [-0.05, 0) is 24.8 Å². The molecule has 0 amide bonds. The maximum Gasteiger partial charge on any atom is 0.168 e. The number of fused-ring (bicyclic) bond motifs is 1. The highest BCUT2D eigenvalue weighted by atomic mass is 35.5. The van der Waals surface area contributed by atoms with Crippen LogP contribution in [0.4, 0.5) is 0 Å². The Kier molecular flexibility index (Phi) is 6.76. The summed E-state index contributed by atoms with van der Waals surface area (Å²) < 4.78 is 0. The van der Waals surface area contributed by atoms with Gasteiger partial charge in [-0.15, -0.1) is 24.8 Å². The minimum absolute atomic E-state index is 0. The molecule has 1 unspecified atom stereocenters. The molecule has 1 N–H and O–H groups in total. The van der Waals surface area contributed by atoms with Gasteiger partial charge in [-0.1, -0.05) is 53.9 Å². The third-order valence-corrected chi connectivity index (χ3v) is 5.96. The first-order valence-electron chi connectivity index (χ1n) is 7.83. The van der Waals surface area contributed by atoms with Gasteiger partial charge >= 0.3 is 0 Å². The minimum Gasteiger partial charge on any atom is -0.362 e. The van der Waals surface area contributed by atoms with Gasteiger partial charge in [0.05, 0.1) is 11.6 Å². The maximum atomic E-state index is 4.82. The zero-order valence-electron chi connectivity index (χ0n) is 14.1. The van der Waals surface area contributed by atoms with Crippen LogP contribution < -0.4 is 5.32 Å². The van der Waals surface area contributed by atoms with Crippen molar-refractivity contribution in [2.24, 2.45) is 9.98 Å². The van der Waals surface area contributed by atoms with Crippen molar-refractivity contribution in [2.75, 3.05) is 18.8 Å². The van der Waals surface area contributed by atoms with E-state index < -0.39 is 0 Å². The van der Waals surface area contributed by atoms with E-state index in [2.05, 4.69) is 53.7 Å². The van der Waals surface area contributed by atoms with Crippen molar-refractivity contribution in [3.63, 3.8) is 0 Å². The van der Waals surface area contributed by atoms with E-state index in [4.69, 9.17) is 9.98 Å². The zero-order chi connectivity index (χ0) is 15.9. The fourth-order valence-corrected chi connectivity index (χ4v) is 5.01. The van der Waals surface area contributed by atoms with E-state index in [9.17, 15) is 0 Å². The molecule has 136 valence electrons. The van der Waals surface area contributed by atoms with E-state index in [1.54, 1.807) is 23.5 Å². The number of halogens is 2. The van der Waals surface area contributed by atoms with Crippen LogP contribution in [0.25, 0.3) is 0 Å². The molecule has 0 aromatic heterocycles. The van der Waals surface area contributed by atoms with E-state index in [1.807, 2.05) is 6.07 Å². The lowest BCUT2D eigenvalue weighted by Gasteiger charge is -2.20. The van der Waals surface area contributed by atoms with Crippen LogP contribution in [0.1, 0.15) is 25.5 Å². The van der Waals surface area contributed by atoms with E-state index in [1.165, 1.54) is 11.3 Å². The summed E-state index contributed by atoms with van der Waals surface area (Å²) in [5, 5.41) is 7.86. The second-order valence-corrected chi connectivity index (χ2v) is 8.35. The van der Waals surface area contributed by atoms with Gasteiger partial charge in [0.25, 0.3) is 0 Å². The summed E-state index contributed by atoms with van der Waals surface area (Å²) in [6.07, 6.45) is 0. The molecule has 4 nitrogen and oxygen atoms in total. The Morgan fingerprint density at radius 1 is 1.28 bits per heavy atom. The Morgan fingerprint density at radius 3 is 2.80 bits per heavy atom. The van der Waals surface area contributed by atoms with Crippen molar-refractivity contribution in [1.82, 2.24) is 10.2 Å². The van der Waals surface area contributed by atoms with Crippen molar-refractivity contribution in [2.45, 2.75) is 25.4 Å². The summed E-state index contributed by atoms with van der Waals surface area (Å²) in [6, 6.07) is 10.7. The van der Waals surface area contributed by atoms with Gasteiger partial charge < -0.3 is 10.2 Å². The Balaban J connectivity index is 0.00000113. The molecule has 25 heavy (non-hydrogen) atoms. The van der Waals surface area contributed by atoms with Crippen LogP contribution in [0.15, 0.2) is 51.4 Å². The van der Waals surface area contributed by atoms with Gasteiger partial charge in [-0.3, -0.25) is 9.98 Å². The third kappa shape index (κ3) is 4.48. The molecule has 3 aliphatic rings. The maximum absolute atomic E-state index is 4.82. The fourth-order valence-electron chi connectivity index (χ4n) is 2.93. The van der Waals surface area contributed by atoms with Crippen molar-refractivity contribution in [3.05, 3.63) is 47.0 Å². The molecule has 1 aromatic carbocycles. The molecule has 0 saturated carbocycles. The first-order valence-corrected chi connectivity index (χ1v) is 9.70. The predicted molar refractivity (Wildman–Crippen MR) is 115 cm³/mol. The molecular formula is C17H22Cl2N4S2. The van der Waals surface area contributed by atoms with E-state index in [0.29, 0.717) is 0 Å². The smallest absolute Gasteiger partial charge is 0.168 e. The molecule has 0 saturated heterocycles. The minimum atomic E-state index is 0. The van der Waals surface area contributed by atoms with Crippen molar-refractivity contribution in [3.8, 4) is 0 Å². The van der Waals surface area contributed by atoms with Crippen molar-refractivity contribution >= 4 is 58.7 Å². The Labute approximate surface area is 169 Å². The zero-order valence-corrected chi connectivity index (χ0v) is 17.4. The predicted octanol–water partition coefficient (Wildman–Crippen LogP) is 4.30. The van der Waals surface area contributed by atoms with Crippen LogP contribution in [0.5, 0.6) is 0 Å². The molecule has 0 aliphatic carbocycles. The number of amidine groups is 2. The standard InChI is InChI=1S/C17H20N4S2.2ClH/c1-17(2)11-21-13(10-23-16(21)20-17)9-22-15-18-8-14(19-15)12-6-4-3-5-7-12;;/h3-7,10,14H,8-9,11H2,1-2H3,(H,18,19);2*1H. The lowest BCUT2D eigenvalue weighted by molar-refractivity contribution is 0.436. The van der Waals surface area contributed by atoms with Gasteiger partial charge in [0.2, 0.25) is 0 Å². The van der Waals surface area contributed by atoms with Gasteiger partial charge in [0.15, 0.2) is 10.3 Å². The fraction of sp³-hybridized carbons (Fsp3) is 0.412. The highest BCUT2D eigenvalue weighted by molar-refractivity contribution is 8.17. The molecule has 4 rings (SSSR count). The number of thioether (sulfide) groups is 2. The molecule has 0 bridgehead atoms. The lowest BCUT2D eigenvalue weighted by atomic mass is 10.1. The van der Waals surface area contributed by atoms with Crippen molar-refractivity contribution < 1.29 is 0 Å². The summed E-state index contributed by atoms with van der Waals surface area (Å²) >= 11 is 3.53. The van der Waals surface area contributed by atoms with Gasteiger partial charge in [0, 0.05) is 24.5 Å². The van der Waals surface area contributed by atoms with Crippen molar-refractivity contribution in [1.29, 1.82) is 0 Å². The Bertz CT molecular complexity index is 704. The van der Waals surface area contributed by atoms with Crippen LogP contribution in [0, 0.1) is 0 Å². The quantitative estimate of drug-likeness (QED) is 0.796. The van der Waals surface area contributed by atoms with Crippen LogP contribution in [-0.4, -0.2) is 39.6 Å². The highest BCUT2D eigenvalue weighted by Gasteiger charge is 2.36. The molecule has 8 heteroatoms. The second-order valence-electron chi connectivity index (χ2n) is 6.55. The summed E-state index contributed by atoms with van der Waals surface area (Å²) in [4.78, 5) is 11.9. The van der Waals surface area contributed by atoms with Crippen LogP contribution >= 0.6 is 48.3 Å². The molecule has 1 aromatic rings. The number of aliphatic imine (C=N–C) groups is 2. The van der Waals surface area contributed by atoms with E-state index >= 15 is 0 Å². The molecule has 3 heterocycles. The summed E-state index contributed by atoms with van der Waals surface area (Å²) in [7, 11) is 0. The average molecular weight is 417 g/mol. The largest absolute Gasteiger partial charge is 0.362 e. The second kappa shape index (κ2) is 8.25. The third-order valence-electron chi connectivity index (χ3n) is 4.08. The van der Waals surface area contributed by atoms with Crippen LogP contribution in [0.2, 0.25) is 0 Å². The lowest BCUT2D eigenvalue weighted by Crippen LogP contribution is -2.30. The monoisotopic (exact) mass is 416 g/mol. The molecule has 0 spiro atoms. The molecule has 1 atom stereocenters. The first-order chi connectivity index (χ1) is 11.1. The summed E-state index contributed by atoms with van der Waals surface area (Å²) in [6.45, 7) is 6.26. The average Bonchev–Trinajstić information content (AvgIpc) is 3.20. The number of rotatable bonds is 3. The number of hydrogen-bond donors (Lipinski definition) is 1.